The molecule has 1 aliphatic heterocycles. The average molecular weight is 472 g/mol. The number of cyclic esters (lactones) is 1. The van der Waals surface area contributed by atoms with Gasteiger partial charge in [-0.3, -0.25) is 0 Å². The van der Waals surface area contributed by atoms with Crippen LogP contribution in [0.1, 0.15) is 47.3 Å². The third-order valence-electron chi connectivity index (χ3n) is 6.24. The van der Waals surface area contributed by atoms with Gasteiger partial charge in [0, 0.05) is 23.9 Å². The van der Waals surface area contributed by atoms with Crippen LogP contribution in [0.5, 0.6) is 0 Å². The topological polar surface area (TPSA) is 122 Å². The predicted octanol–water partition coefficient (Wildman–Crippen LogP) is 4.68. The number of anilines is 3. The van der Waals surface area contributed by atoms with Crippen LogP contribution in [0.2, 0.25) is 0 Å². The highest BCUT2D eigenvalue weighted by Gasteiger charge is 2.30. The zero-order valence-electron chi connectivity index (χ0n) is 19.3. The summed E-state index contributed by atoms with van der Waals surface area (Å²) in [4.78, 5) is 16.8. The Labute approximate surface area is 202 Å². The number of aliphatic hydroxyl groups excluding tert-OH is 1. The van der Waals surface area contributed by atoms with Crippen LogP contribution in [-0.4, -0.2) is 39.0 Å². The maximum absolute atomic E-state index is 12.3. The largest absolute Gasteiger partial charge is 0.458 e. The number of nitrogens with zero attached hydrogens (tertiary/aromatic N) is 3. The highest BCUT2D eigenvalue weighted by Crippen LogP contribution is 2.35. The molecule has 0 amide bonds. The van der Waals surface area contributed by atoms with Gasteiger partial charge in [-0.05, 0) is 36.2 Å². The molecule has 5 rings (SSSR count). The minimum Gasteiger partial charge on any atom is -0.458 e. The average Bonchev–Trinajstić information content (AvgIpc) is 3.41. The van der Waals surface area contributed by atoms with Crippen LogP contribution in [0.3, 0.4) is 0 Å². The summed E-state index contributed by atoms with van der Waals surface area (Å²) in [6, 6.07) is 16.7. The summed E-state index contributed by atoms with van der Waals surface area (Å²) in [5.41, 5.74) is 4.52. The number of hydrogen-bond donors (Lipinski definition) is 3. The van der Waals surface area contributed by atoms with Gasteiger partial charge in [0.05, 0.1) is 29.5 Å². The highest BCUT2D eigenvalue weighted by molar-refractivity contribution is 5.93. The van der Waals surface area contributed by atoms with E-state index < -0.39 is 0 Å². The Morgan fingerprint density at radius 2 is 1.91 bits per heavy atom. The fourth-order valence-electron chi connectivity index (χ4n) is 4.15. The molecule has 2 unspecified atom stereocenters. The monoisotopic (exact) mass is 471 g/mol. The molecular formula is C26H25N5O4. The Balaban J connectivity index is 1.47. The Hall–Kier alpha value is -4.24. The Bertz CT molecular complexity index is 1330. The molecule has 0 fully saturated rings. The van der Waals surface area contributed by atoms with Crippen molar-refractivity contribution < 1.29 is 19.1 Å². The Morgan fingerprint density at radius 1 is 1.09 bits per heavy atom. The van der Waals surface area contributed by atoms with Gasteiger partial charge >= 0.3 is 5.97 Å². The molecule has 0 spiro atoms. The number of benzene rings is 2. The molecule has 35 heavy (non-hydrogen) atoms. The second-order valence-corrected chi connectivity index (χ2v) is 8.48. The van der Waals surface area contributed by atoms with Crippen LogP contribution in [0.4, 0.5) is 17.2 Å². The van der Waals surface area contributed by atoms with Crippen molar-refractivity contribution in [3.05, 3.63) is 83.9 Å². The van der Waals surface area contributed by atoms with E-state index in [0.717, 1.165) is 16.8 Å². The maximum atomic E-state index is 12.3. The molecule has 9 nitrogen and oxygen atoms in total. The van der Waals surface area contributed by atoms with Gasteiger partial charge in [-0.25, -0.2) is 9.78 Å². The molecule has 178 valence electrons. The predicted molar refractivity (Wildman–Crippen MR) is 130 cm³/mol. The molecule has 0 radical (unpaired) electrons. The summed E-state index contributed by atoms with van der Waals surface area (Å²) >= 11 is 0. The third kappa shape index (κ3) is 4.58. The number of hydrogen-bond acceptors (Lipinski definition) is 9. The minimum atomic E-state index is -0.356. The minimum absolute atomic E-state index is 0.0747. The third-order valence-corrected chi connectivity index (χ3v) is 6.24. The first-order valence-electron chi connectivity index (χ1n) is 11.3. The number of rotatable bonds is 7. The van der Waals surface area contributed by atoms with E-state index in [1.807, 2.05) is 62.4 Å². The van der Waals surface area contributed by atoms with Crippen LogP contribution in [-0.2, 0) is 4.74 Å². The van der Waals surface area contributed by atoms with Gasteiger partial charge in [0.15, 0.2) is 0 Å². The van der Waals surface area contributed by atoms with E-state index in [1.165, 1.54) is 6.39 Å². The quantitative estimate of drug-likeness (QED) is 0.330. The molecule has 9 heteroatoms. The number of carbonyl (C=O) groups excluding carboxylic acids is 1. The van der Waals surface area contributed by atoms with Crippen molar-refractivity contribution in [1.82, 2.24) is 15.2 Å². The number of pyridine rings is 1. The van der Waals surface area contributed by atoms with Crippen molar-refractivity contribution in [1.29, 1.82) is 0 Å². The second-order valence-electron chi connectivity index (χ2n) is 8.48. The van der Waals surface area contributed by atoms with Gasteiger partial charge in [-0.2, -0.15) is 0 Å². The summed E-state index contributed by atoms with van der Waals surface area (Å²) < 4.78 is 10.8. The van der Waals surface area contributed by atoms with Gasteiger partial charge in [0.25, 0.3) is 5.89 Å². The fraction of sp³-hybridized carbons (Fsp3) is 0.231. The fourth-order valence-corrected chi connectivity index (χ4v) is 4.15. The standard InChI is InChI=1S/C26H25N5O4/c1-15-16(2)35-26(33)19-9-8-18(10-20(15)19)29-24-11-22(21(12-27-24)25-31-28-14-34-25)30-23(13-32)17-6-4-3-5-7-17/h3-12,14-16,23,32H,13H2,1-2H3,(H2,27,29,30)/t15?,16?,23-/m1/s1. The van der Waals surface area contributed by atoms with E-state index in [9.17, 15) is 9.90 Å². The summed E-state index contributed by atoms with van der Waals surface area (Å²) in [7, 11) is 0. The summed E-state index contributed by atoms with van der Waals surface area (Å²) in [5, 5.41) is 24.5. The van der Waals surface area contributed by atoms with Crippen LogP contribution < -0.4 is 10.6 Å². The normalized spacial score (nSPS) is 17.9. The van der Waals surface area contributed by atoms with E-state index in [-0.39, 0.29) is 30.6 Å². The molecule has 0 saturated carbocycles. The number of ether oxygens (including phenoxy) is 1. The number of fused-ring (bicyclic) bond motifs is 1. The smallest absolute Gasteiger partial charge is 0.338 e. The maximum Gasteiger partial charge on any atom is 0.338 e. The van der Waals surface area contributed by atoms with Gasteiger partial charge in [-0.1, -0.05) is 37.3 Å². The van der Waals surface area contributed by atoms with E-state index in [4.69, 9.17) is 9.15 Å². The first kappa shape index (κ1) is 22.5. The molecule has 4 aromatic rings. The van der Waals surface area contributed by atoms with Crippen molar-refractivity contribution in [3.8, 4) is 11.5 Å². The molecule has 1 aliphatic rings. The first-order chi connectivity index (χ1) is 17.0. The summed E-state index contributed by atoms with van der Waals surface area (Å²) in [5.74, 6) is 0.651. The number of aliphatic hydroxyl groups is 1. The van der Waals surface area contributed by atoms with Crippen molar-refractivity contribution in [2.75, 3.05) is 17.2 Å². The van der Waals surface area contributed by atoms with E-state index in [2.05, 4.69) is 25.8 Å². The van der Waals surface area contributed by atoms with Gasteiger partial charge in [0.1, 0.15) is 11.9 Å². The van der Waals surface area contributed by atoms with Crippen LogP contribution in [0.25, 0.3) is 11.5 Å². The first-order valence-corrected chi connectivity index (χ1v) is 11.3. The zero-order chi connectivity index (χ0) is 24.4. The number of carbonyl (C=O) groups is 1. The molecule has 0 aliphatic carbocycles. The van der Waals surface area contributed by atoms with Crippen LogP contribution in [0, 0.1) is 0 Å². The van der Waals surface area contributed by atoms with Gasteiger partial charge < -0.3 is 24.9 Å². The van der Waals surface area contributed by atoms with E-state index in [1.54, 1.807) is 12.3 Å². The Kier molecular flexibility index (Phi) is 6.15. The molecule has 0 bridgehead atoms. The molecule has 0 saturated heterocycles. The lowest BCUT2D eigenvalue weighted by Gasteiger charge is -2.28. The SMILES string of the molecule is CC1OC(=O)c2ccc(Nc3cc(N[C@H](CO)c4ccccc4)c(-c4nnco4)cn3)cc2C1C. The number of aromatic nitrogens is 3. The molecule has 3 N–H and O–H groups in total. The van der Waals surface area contributed by atoms with E-state index in [0.29, 0.717) is 28.5 Å². The van der Waals surface area contributed by atoms with Gasteiger partial charge in [-0.15, -0.1) is 10.2 Å². The van der Waals surface area contributed by atoms with Crippen LogP contribution in [0.15, 0.2) is 71.6 Å². The highest BCUT2D eigenvalue weighted by atomic mass is 16.5. The second kappa shape index (κ2) is 9.55. The zero-order valence-corrected chi connectivity index (χ0v) is 19.3. The molecule has 3 atom stereocenters. The van der Waals surface area contributed by atoms with Crippen molar-refractivity contribution in [2.24, 2.45) is 0 Å². The number of nitrogens with one attached hydrogen (secondary N) is 2. The molecular weight excluding hydrogens is 446 g/mol. The van der Waals surface area contributed by atoms with Gasteiger partial charge in [0.2, 0.25) is 6.39 Å². The van der Waals surface area contributed by atoms with Crippen molar-refractivity contribution in [2.45, 2.75) is 31.9 Å². The van der Waals surface area contributed by atoms with Crippen LogP contribution >= 0.6 is 0 Å². The lowest BCUT2D eigenvalue weighted by atomic mass is 9.89. The summed E-state index contributed by atoms with van der Waals surface area (Å²) in [6.45, 7) is 3.82. The molecule has 2 aromatic carbocycles. The lowest BCUT2D eigenvalue weighted by molar-refractivity contribution is 0.0241. The molecule has 3 heterocycles. The summed E-state index contributed by atoms with van der Waals surface area (Å²) in [6.07, 6.45) is 2.70. The van der Waals surface area contributed by atoms with Crippen molar-refractivity contribution >= 4 is 23.2 Å². The van der Waals surface area contributed by atoms with Crippen molar-refractivity contribution in [3.63, 3.8) is 0 Å². The number of esters is 1. The Morgan fingerprint density at radius 3 is 2.66 bits per heavy atom. The lowest BCUT2D eigenvalue weighted by Crippen LogP contribution is -2.28. The molecule has 2 aromatic heterocycles. The van der Waals surface area contributed by atoms with E-state index >= 15 is 0 Å².